The van der Waals surface area contributed by atoms with E-state index in [-0.39, 0.29) is 10.8 Å². The summed E-state index contributed by atoms with van der Waals surface area (Å²) in [6.07, 6.45) is 1.17. The molecule has 0 saturated heterocycles. The smallest absolute Gasteiger partial charge is 0.265 e. The molecule has 1 aromatic carbocycles. The predicted octanol–water partition coefficient (Wildman–Crippen LogP) is 2.22. The molecule has 1 amide bonds. The molecule has 0 fully saturated rings. The van der Waals surface area contributed by atoms with Crippen LogP contribution in [0.15, 0.2) is 23.1 Å². The van der Waals surface area contributed by atoms with Gasteiger partial charge >= 0.3 is 0 Å². The molecule has 0 radical (unpaired) electrons. The molecule has 7 heteroatoms. The summed E-state index contributed by atoms with van der Waals surface area (Å²) in [5.74, 6) is 0.211. The van der Waals surface area contributed by atoms with Crippen LogP contribution in [-0.4, -0.2) is 37.8 Å². The van der Waals surface area contributed by atoms with E-state index in [1.54, 1.807) is 13.0 Å². The van der Waals surface area contributed by atoms with Crippen molar-refractivity contribution in [3.05, 3.63) is 18.2 Å². The highest BCUT2D eigenvalue weighted by Crippen LogP contribution is 2.32. The van der Waals surface area contributed by atoms with Crippen LogP contribution in [0.3, 0.4) is 0 Å². The molecule has 1 heterocycles. The molecule has 0 aliphatic carbocycles. The number of hydrogen-bond acceptors (Lipinski definition) is 4. The number of fused-ring (bicyclic) bond motifs is 1. The number of carbonyl (C=O) groups is 1. The van der Waals surface area contributed by atoms with Crippen LogP contribution in [0.1, 0.15) is 33.6 Å². The Kier molecular flexibility index (Phi) is 5.08. The van der Waals surface area contributed by atoms with E-state index in [2.05, 4.69) is 5.32 Å². The summed E-state index contributed by atoms with van der Waals surface area (Å²) in [6.45, 7) is 6.39. The van der Waals surface area contributed by atoms with Crippen LogP contribution in [0.2, 0.25) is 0 Å². The quantitative estimate of drug-likeness (QED) is 0.869. The molecule has 1 N–H and O–H groups in total. The van der Waals surface area contributed by atoms with Crippen molar-refractivity contribution in [1.29, 1.82) is 0 Å². The SMILES string of the molecule is CCCCN(CC)S(=O)(=O)c1ccc2c(c1)NC(=O)C(C)O2. The van der Waals surface area contributed by atoms with E-state index in [1.165, 1.54) is 16.4 Å². The highest BCUT2D eigenvalue weighted by molar-refractivity contribution is 7.89. The Labute approximate surface area is 131 Å². The molecule has 0 bridgehead atoms. The lowest BCUT2D eigenvalue weighted by atomic mass is 10.2. The van der Waals surface area contributed by atoms with E-state index >= 15 is 0 Å². The van der Waals surface area contributed by atoms with Gasteiger partial charge in [-0.3, -0.25) is 4.79 Å². The van der Waals surface area contributed by atoms with Gasteiger partial charge in [0.1, 0.15) is 5.75 Å². The van der Waals surface area contributed by atoms with Crippen LogP contribution in [-0.2, 0) is 14.8 Å². The Bertz CT molecular complexity index is 658. The van der Waals surface area contributed by atoms with Gasteiger partial charge in [0.25, 0.3) is 5.91 Å². The Morgan fingerprint density at radius 2 is 2.05 bits per heavy atom. The van der Waals surface area contributed by atoms with Crippen LogP contribution < -0.4 is 10.1 Å². The van der Waals surface area contributed by atoms with Gasteiger partial charge in [-0.2, -0.15) is 4.31 Å². The molecule has 22 heavy (non-hydrogen) atoms. The number of nitrogens with zero attached hydrogens (tertiary/aromatic N) is 1. The molecule has 1 atom stereocenters. The van der Waals surface area contributed by atoms with E-state index < -0.39 is 16.1 Å². The lowest BCUT2D eigenvalue weighted by Gasteiger charge is -2.25. The van der Waals surface area contributed by atoms with Crippen molar-refractivity contribution in [1.82, 2.24) is 4.31 Å². The fraction of sp³-hybridized carbons (Fsp3) is 0.533. The summed E-state index contributed by atoms with van der Waals surface area (Å²) in [5.41, 5.74) is 0.399. The number of carbonyl (C=O) groups excluding carboxylic acids is 1. The van der Waals surface area contributed by atoms with Crippen molar-refractivity contribution in [2.24, 2.45) is 0 Å². The maximum atomic E-state index is 12.7. The topological polar surface area (TPSA) is 75.7 Å². The lowest BCUT2D eigenvalue weighted by Crippen LogP contribution is -2.35. The minimum absolute atomic E-state index is 0.169. The zero-order valence-electron chi connectivity index (χ0n) is 13.1. The molecule has 2 rings (SSSR count). The Balaban J connectivity index is 2.32. The Morgan fingerprint density at radius 3 is 2.68 bits per heavy atom. The summed E-state index contributed by atoms with van der Waals surface area (Å²) in [4.78, 5) is 11.8. The Hall–Kier alpha value is -1.60. The monoisotopic (exact) mass is 326 g/mol. The molecular weight excluding hydrogens is 304 g/mol. The summed E-state index contributed by atoms with van der Waals surface area (Å²) in [5, 5.41) is 2.68. The number of anilines is 1. The van der Waals surface area contributed by atoms with Crippen LogP contribution in [0.5, 0.6) is 5.75 Å². The number of rotatable bonds is 6. The number of unbranched alkanes of at least 4 members (excludes halogenated alkanes) is 1. The van der Waals surface area contributed by atoms with E-state index in [9.17, 15) is 13.2 Å². The zero-order valence-corrected chi connectivity index (χ0v) is 13.9. The molecular formula is C15H22N2O4S. The Morgan fingerprint density at radius 1 is 1.32 bits per heavy atom. The third kappa shape index (κ3) is 3.25. The predicted molar refractivity (Wildman–Crippen MR) is 84.5 cm³/mol. The minimum Gasteiger partial charge on any atom is -0.479 e. The van der Waals surface area contributed by atoms with E-state index in [1.807, 2.05) is 13.8 Å². The summed E-state index contributed by atoms with van der Waals surface area (Å²) >= 11 is 0. The van der Waals surface area contributed by atoms with Gasteiger partial charge in [-0.15, -0.1) is 0 Å². The number of hydrogen-bond donors (Lipinski definition) is 1. The summed E-state index contributed by atoms with van der Waals surface area (Å²) < 4.78 is 32.2. The number of ether oxygens (including phenoxy) is 1. The minimum atomic E-state index is -3.56. The lowest BCUT2D eigenvalue weighted by molar-refractivity contribution is -0.122. The molecule has 6 nitrogen and oxygen atoms in total. The van der Waals surface area contributed by atoms with Gasteiger partial charge in [0, 0.05) is 13.1 Å². The number of benzene rings is 1. The first-order valence-electron chi connectivity index (χ1n) is 7.51. The van der Waals surface area contributed by atoms with Crippen molar-refractivity contribution < 1.29 is 17.9 Å². The second-order valence-electron chi connectivity index (χ2n) is 5.26. The molecule has 1 aromatic rings. The number of amides is 1. The molecule has 0 aromatic heterocycles. The van der Waals surface area contributed by atoms with Gasteiger partial charge in [-0.1, -0.05) is 20.3 Å². The van der Waals surface area contributed by atoms with Crippen molar-refractivity contribution >= 4 is 21.6 Å². The standard InChI is InChI=1S/C15H22N2O4S/c1-4-6-9-17(5-2)22(19,20)12-7-8-14-13(10-12)16-15(18)11(3)21-14/h7-8,10-11H,4-6,9H2,1-3H3,(H,16,18). The fourth-order valence-corrected chi connectivity index (χ4v) is 3.79. The number of sulfonamides is 1. The van der Waals surface area contributed by atoms with Crippen molar-refractivity contribution in [3.8, 4) is 5.75 Å². The van der Waals surface area contributed by atoms with Gasteiger partial charge in [-0.05, 0) is 31.5 Å². The van der Waals surface area contributed by atoms with Crippen LogP contribution >= 0.6 is 0 Å². The summed E-state index contributed by atoms with van der Waals surface area (Å²) in [7, 11) is -3.56. The normalized spacial score (nSPS) is 17.8. The van der Waals surface area contributed by atoms with Crippen LogP contribution in [0.4, 0.5) is 5.69 Å². The average Bonchev–Trinajstić information content (AvgIpc) is 2.48. The first-order chi connectivity index (χ1) is 10.4. The molecule has 1 unspecified atom stereocenters. The van der Waals surface area contributed by atoms with Crippen molar-refractivity contribution in [2.75, 3.05) is 18.4 Å². The van der Waals surface area contributed by atoms with E-state index in [0.717, 1.165) is 12.8 Å². The van der Waals surface area contributed by atoms with Crippen LogP contribution in [0.25, 0.3) is 0 Å². The van der Waals surface area contributed by atoms with Gasteiger partial charge in [0.05, 0.1) is 10.6 Å². The van der Waals surface area contributed by atoms with Crippen molar-refractivity contribution in [2.45, 2.75) is 44.6 Å². The number of nitrogens with one attached hydrogen (secondary N) is 1. The first kappa shape index (κ1) is 16.8. The van der Waals surface area contributed by atoms with E-state index in [4.69, 9.17) is 4.74 Å². The maximum absolute atomic E-state index is 12.7. The van der Waals surface area contributed by atoms with Crippen LogP contribution in [0, 0.1) is 0 Å². The zero-order chi connectivity index (χ0) is 16.3. The van der Waals surface area contributed by atoms with Gasteiger partial charge in [-0.25, -0.2) is 8.42 Å². The molecule has 1 aliphatic rings. The van der Waals surface area contributed by atoms with E-state index in [0.29, 0.717) is 24.5 Å². The van der Waals surface area contributed by atoms with Gasteiger partial charge in [0.2, 0.25) is 10.0 Å². The summed E-state index contributed by atoms with van der Waals surface area (Å²) in [6, 6.07) is 4.57. The third-order valence-corrected chi connectivity index (χ3v) is 5.60. The third-order valence-electron chi connectivity index (χ3n) is 3.63. The maximum Gasteiger partial charge on any atom is 0.265 e. The van der Waals surface area contributed by atoms with Gasteiger partial charge in [0.15, 0.2) is 6.10 Å². The average molecular weight is 326 g/mol. The first-order valence-corrected chi connectivity index (χ1v) is 8.95. The molecule has 0 spiro atoms. The molecule has 122 valence electrons. The van der Waals surface area contributed by atoms with Crippen molar-refractivity contribution in [3.63, 3.8) is 0 Å². The molecule has 0 saturated carbocycles. The van der Waals surface area contributed by atoms with Gasteiger partial charge < -0.3 is 10.1 Å². The highest BCUT2D eigenvalue weighted by Gasteiger charge is 2.27. The fourth-order valence-electron chi connectivity index (χ4n) is 2.28. The second kappa shape index (κ2) is 6.66. The second-order valence-corrected chi connectivity index (χ2v) is 7.20. The highest BCUT2D eigenvalue weighted by atomic mass is 32.2. The molecule has 1 aliphatic heterocycles. The largest absolute Gasteiger partial charge is 0.479 e.